The Morgan fingerprint density at radius 1 is 1.14 bits per heavy atom. The highest BCUT2D eigenvalue weighted by Crippen LogP contribution is 2.61. The Morgan fingerprint density at radius 3 is 2.29 bits per heavy atom. The number of hydrogen-bond donors (Lipinski definition) is 0. The topological polar surface area (TPSA) is 43.4 Å². The van der Waals surface area contributed by atoms with Gasteiger partial charge in [0, 0.05) is 0 Å². The number of fused-ring (bicyclic) bond motifs is 2. The van der Waals surface area contributed by atoms with E-state index >= 15 is 0 Å². The molecule has 0 spiro atoms. The van der Waals surface area contributed by atoms with Gasteiger partial charge < -0.3 is 0 Å². The minimum atomic E-state index is -3.65. The second kappa shape index (κ2) is 4.82. The van der Waals surface area contributed by atoms with Gasteiger partial charge in [-0.1, -0.05) is 38.5 Å². The van der Waals surface area contributed by atoms with Crippen molar-refractivity contribution in [2.24, 2.45) is 23.2 Å². The van der Waals surface area contributed by atoms with Gasteiger partial charge in [-0.3, -0.25) is 4.18 Å². The van der Waals surface area contributed by atoms with E-state index < -0.39 is 10.1 Å². The third kappa shape index (κ3) is 2.42. The first-order chi connectivity index (χ1) is 9.72. The molecule has 0 heterocycles. The maximum Gasteiger partial charge on any atom is 0.297 e. The fraction of sp³-hybridized carbons (Fsp3) is 0.647. The molecule has 0 aromatic heterocycles. The maximum atomic E-state index is 12.4. The Kier molecular flexibility index (Phi) is 3.45. The highest BCUT2D eigenvalue weighted by atomic mass is 32.2. The van der Waals surface area contributed by atoms with Gasteiger partial charge in [-0.25, -0.2) is 0 Å². The SMILES string of the molecule is Cc1ccc(S(=O)(=O)O[C@H]2C[C@H]3C[C@@H]([C@@H]2C)C3(C)C)cc1. The van der Waals surface area contributed by atoms with Crippen molar-refractivity contribution < 1.29 is 12.6 Å². The van der Waals surface area contributed by atoms with Gasteiger partial charge in [-0.05, 0) is 55.1 Å². The molecule has 0 amide bonds. The van der Waals surface area contributed by atoms with Gasteiger partial charge in [0.2, 0.25) is 0 Å². The Morgan fingerprint density at radius 2 is 1.76 bits per heavy atom. The molecule has 21 heavy (non-hydrogen) atoms. The quantitative estimate of drug-likeness (QED) is 0.798. The summed E-state index contributed by atoms with van der Waals surface area (Å²) in [5.74, 6) is 1.47. The first kappa shape index (κ1) is 15.0. The van der Waals surface area contributed by atoms with E-state index in [-0.39, 0.29) is 11.0 Å². The highest BCUT2D eigenvalue weighted by Gasteiger charge is 2.57. The van der Waals surface area contributed by atoms with Crippen molar-refractivity contribution in [1.29, 1.82) is 0 Å². The summed E-state index contributed by atoms with van der Waals surface area (Å²) in [6, 6.07) is 6.87. The van der Waals surface area contributed by atoms with Crippen LogP contribution in [-0.2, 0) is 14.3 Å². The van der Waals surface area contributed by atoms with Crippen molar-refractivity contribution >= 4 is 10.1 Å². The summed E-state index contributed by atoms with van der Waals surface area (Å²) in [4.78, 5) is 0.263. The lowest BCUT2D eigenvalue weighted by Gasteiger charge is -2.61. The largest absolute Gasteiger partial charge is 0.297 e. The van der Waals surface area contributed by atoms with Crippen molar-refractivity contribution in [1.82, 2.24) is 0 Å². The van der Waals surface area contributed by atoms with Crippen LogP contribution in [-0.4, -0.2) is 14.5 Å². The molecule has 0 N–H and O–H groups in total. The average molecular weight is 308 g/mol. The zero-order valence-electron chi connectivity index (χ0n) is 13.2. The minimum absolute atomic E-state index is 0.173. The summed E-state index contributed by atoms with van der Waals surface area (Å²) in [5.41, 5.74) is 1.38. The van der Waals surface area contributed by atoms with Crippen molar-refractivity contribution in [3.8, 4) is 0 Å². The van der Waals surface area contributed by atoms with E-state index in [1.165, 1.54) is 6.42 Å². The van der Waals surface area contributed by atoms with Gasteiger partial charge in [0.25, 0.3) is 10.1 Å². The predicted molar refractivity (Wildman–Crippen MR) is 82.4 cm³/mol. The third-order valence-electron chi connectivity index (χ3n) is 5.84. The van der Waals surface area contributed by atoms with Crippen LogP contribution in [0.5, 0.6) is 0 Å². The van der Waals surface area contributed by atoms with Crippen LogP contribution in [0.2, 0.25) is 0 Å². The normalized spacial score (nSPS) is 34.3. The van der Waals surface area contributed by atoms with Crippen LogP contribution in [0.15, 0.2) is 29.2 Å². The van der Waals surface area contributed by atoms with Crippen LogP contribution in [0.25, 0.3) is 0 Å². The van der Waals surface area contributed by atoms with E-state index in [0.29, 0.717) is 23.2 Å². The first-order valence-electron chi connectivity index (χ1n) is 7.72. The molecule has 3 saturated carbocycles. The average Bonchev–Trinajstić information content (AvgIpc) is 2.40. The zero-order chi connectivity index (χ0) is 15.4. The van der Waals surface area contributed by atoms with Gasteiger partial charge in [-0.2, -0.15) is 8.42 Å². The smallest absolute Gasteiger partial charge is 0.263 e. The van der Waals surface area contributed by atoms with Gasteiger partial charge in [-0.15, -0.1) is 0 Å². The molecular formula is C17H24O3S. The van der Waals surface area contributed by atoms with Gasteiger partial charge in [0.15, 0.2) is 0 Å². The lowest BCUT2D eigenvalue weighted by molar-refractivity contribution is -0.145. The van der Waals surface area contributed by atoms with E-state index in [1.54, 1.807) is 24.3 Å². The van der Waals surface area contributed by atoms with E-state index in [9.17, 15) is 8.42 Å². The second-order valence-electron chi connectivity index (χ2n) is 7.36. The third-order valence-corrected chi connectivity index (χ3v) is 7.19. The molecule has 0 radical (unpaired) electrons. The Bertz CT molecular complexity index is 631. The van der Waals surface area contributed by atoms with Gasteiger partial charge in [0.1, 0.15) is 0 Å². The number of rotatable bonds is 3. The van der Waals surface area contributed by atoms with Crippen LogP contribution < -0.4 is 0 Å². The van der Waals surface area contributed by atoms with Gasteiger partial charge in [0.05, 0.1) is 11.0 Å². The van der Waals surface area contributed by atoms with Crippen LogP contribution >= 0.6 is 0 Å². The molecule has 0 unspecified atom stereocenters. The molecule has 0 aliphatic heterocycles. The first-order valence-corrected chi connectivity index (χ1v) is 9.12. The zero-order valence-corrected chi connectivity index (χ0v) is 14.0. The highest BCUT2D eigenvalue weighted by molar-refractivity contribution is 7.86. The Hall–Kier alpha value is -0.870. The second-order valence-corrected chi connectivity index (χ2v) is 8.93. The standard InChI is InChI=1S/C17H24O3S/c1-11-5-7-14(8-6-11)21(18,19)20-16-10-13-9-15(12(16)2)17(13,3)4/h5-8,12-13,15-16H,9-10H2,1-4H3/t12-,13+,15-,16-/m0/s1. The summed E-state index contributed by atoms with van der Waals surface area (Å²) in [5, 5.41) is 0. The fourth-order valence-corrected chi connectivity index (χ4v) is 5.31. The van der Waals surface area contributed by atoms with Crippen LogP contribution in [0, 0.1) is 30.1 Å². The summed E-state index contributed by atoms with van der Waals surface area (Å²) in [7, 11) is -3.65. The van der Waals surface area contributed by atoms with Crippen LogP contribution in [0.4, 0.5) is 0 Å². The fourth-order valence-electron chi connectivity index (χ4n) is 4.15. The predicted octanol–water partition coefficient (Wildman–Crippen LogP) is 3.77. The molecule has 1 aromatic carbocycles. The van der Waals surface area contributed by atoms with Crippen molar-refractivity contribution in [3.05, 3.63) is 29.8 Å². The minimum Gasteiger partial charge on any atom is -0.263 e. The molecule has 4 heteroatoms. The summed E-state index contributed by atoms with van der Waals surface area (Å²) in [6.45, 7) is 8.67. The molecule has 3 aliphatic carbocycles. The molecule has 4 atom stereocenters. The lowest BCUT2D eigenvalue weighted by atomic mass is 9.45. The number of hydrogen-bond acceptors (Lipinski definition) is 3. The molecule has 3 aliphatic rings. The number of benzene rings is 1. The summed E-state index contributed by atoms with van der Waals surface area (Å²) >= 11 is 0. The summed E-state index contributed by atoms with van der Waals surface area (Å²) in [6.07, 6.45) is 1.90. The van der Waals surface area contributed by atoms with Crippen LogP contribution in [0.3, 0.4) is 0 Å². The van der Waals surface area contributed by atoms with Crippen molar-refractivity contribution in [3.63, 3.8) is 0 Å². The van der Waals surface area contributed by atoms with Crippen LogP contribution in [0.1, 0.15) is 39.2 Å². The monoisotopic (exact) mass is 308 g/mol. The van der Waals surface area contributed by atoms with Gasteiger partial charge >= 0.3 is 0 Å². The molecule has 0 saturated heterocycles. The van der Waals surface area contributed by atoms with E-state index in [2.05, 4.69) is 20.8 Å². The number of aryl methyl sites for hydroxylation is 1. The molecule has 2 bridgehead atoms. The summed E-state index contributed by atoms with van der Waals surface area (Å²) < 4.78 is 30.4. The molecule has 4 rings (SSSR count). The maximum absolute atomic E-state index is 12.4. The Labute approximate surface area is 127 Å². The Balaban J connectivity index is 1.77. The molecular weight excluding hydrogens is 284 g/mol. The lowest BCUT2D eigenvalue weighted by Crippen LogP contribution is -2.57. The molecule has 3 fully saturated rings. The van der Waals surface area contributed by atoms with E-state index in [4.69, 9.17) is 4.18 Å². The molecule has 116 valence electrons. The van der Waals surface area contributed by atoms with Crippen molar-refractivity contribution in [2.75, 3.05) is 0 Å². The van der Waals surface area contributed by atoms with Crippen molar-refractivity contribution in [2.45, 2.75) is 51.5 Å². The van der Waals surface area contributed by atoms with E-state index in [0.717, 1.165) is 12.0 Å². The molecule has 1 aromatic rings. The molecule has 3 nitrogen and oxygen atoms in total. The van der Waals surface area contributed by atoms with E-state index in [1.807, 2.05) is 6.92 Å².